The highest BCUT2D eigenvalue weighted by Gasteiger charge is 2.26. The van der Waals surface area contributed by atoms with Crippen molar-refractivity contribution < 1.29 is 19.2 Å². The molecule has 1 aliphatic heterocycles. The van der Waals surface area contributed by atoms with Crippen LogP contribution in [0.1, 0.15) is 20.3 Å². The Hall–Kier alpha value is -2.31. The molecule has 23 heavy (non-hydrogen) atoms. The largest absolute Gasteiger partial charge is 0.496 e. The van der Waals surface area contributed by atoms with Crippen LogP contribution in [0.2, 0.25) is 0 Å². The number of nitro benzene ring substituents is 1. The molecular weight excluding hydrogens is 300 g/mol. The van der Waals surface area contributed by atoms with Crippen LogP contribution in [0.15, 0.2) is 18.2 Å². The van der Waals surface area contributed by atoms with E-state index < -0.39 is 4.92 Å². The number of carbonyl (C=O) groups is 1. The second-order valence-corrected chi connectivity index (χ2v) is 6.12. The van der Waals surface area contributed by atoms with Gasteiger partial charge in [0.2, 0.25) is 0 Å². The summed E-state index contributed by atoms with van der Waals surface area (Å²) in [6.07, 6.45) is 1.11. The second-order valence-electron chi connectivity index (χ2n) is 6.12. The van der Waals surface area contributed by atoms with Gasteiger partial charge in [-0.3, -0.25) is 14.9 Å². The van der Waals surface area contributed by atoms with Crippen molar-refractivity contribution in [2.75, 3.05) is 26.8 Å². The van der Waals surface area contributed by atoms with E-state index in [1.54, 1.807) is 11.0 Å². The summed E-state index contributed by atoms with van der Waals surface area (Å²) in [5, 5.41) is 11.1. The highest BCUT2D eigenvalue weighted by atomic mass is 16.6. The lowest BCUT2D eigenvalue weighted by molar-refractivity contribution is -0.385. The van der Waals surface area contributed by atoms with Crippen LogP contribution in [0, 0.1) is 22.0 Å². The number of ether oxygens (including phenoxy) is 2. The van der Waals surface area contributed by atoms with Crippen LogP contribution in [0.5, 0.6) is 11.5 Å². The molecule has 0 saturated carbocycles. The van der Waals surface area contributed by atoms with Crippen molar-refractivity contribution >= 4 is 11.6 Å². The molecule has 0 aliphatic carbocycles. The Morgan fingerprint density at radius 1 is 1.35 bits per heavy atom. The zero-order chi connectivity index (χ0) is 17.0. The van der Waals surface area contributed by atoms with Gasteiger partial charge in [0.25, 0.3) is 5.91 Å². The summed E-state index contributed by atoms with van der Waals surface area (Å²) in [6, 6.07) is 4.30. The fourth-order valence-corrected chi connectivity index (χ4v) is 2.99. The highest BCUT2D eigenvalue weighted by molar-refractivity contribution is 5.78. The molecule has 7 heteroatoms. The Morgan fingerprint density at radius 2 is 2.00 bits per heavy atom. The first kappa shape index (κ1) is 17.1. The lowest BCUT2D eigenvalue weighted by Gasteiger charge is -2.34. The van der Waals surface area contributed by atoms with Gasteiger partial charge in [-0.15, -0.1) is 0 Å². The molecule has 0 spiro atoms. The predicted molar refractivity (Wildman–Crippen MR) is 84.7 cm³/mol. The van der Waals surface area contributed by atoms with E-state index in [-0.39, 0.29) is 24.0 Å². The standard InChI is InChI=1S/C16H22N2O5/c1-11-6-12(2)9-17(8-11)16(19)10-23-15-5-4-13(22-3)7-14(15)18(20)21/h4-5,7,11-12H,6,8-10H2,1-3H3/t11-,12-/m0/s1. The van der Waals surface area contributed by atoms with Gasteiger partial charge in [-0.1, -0.05) is 13.8 Å². The maximum absolute atomic E-state index is 12.3. The zero-order valence-corrected chi connectivity index (χ0v) is 13.7. The molecule has 0 radical (unpaired) electrons. The molecule has 1 aliphatic rings. The van der Waals surface area contributed by atoms with Crippen LogP contribution < -0.4 is 9.47 Å². The van der Waals surface area contributed by atoms with E-state index in [0.717, 1.165) is 6.42 Å². The minimum Gasteiger partial charge on any atom is -0.496 e. The van der Waals surface area contributed by atoms with Crippen molar-refractivity contribution in [1.29, 1.82) is 0 Å². The third-order valence-electron chi connectivity index (χ3n) is 3.94. The number of carbonyl (C=O) groups excluding carboxylic acids is 1. The first-order valence-electron chi connectivity index (χ1n) is 7.63. The number of nitro groups is 1. The molecule has 1 aromatic carbocycles. The van der Waals surface area contributed by atoms with Crippen LogP contribution in [0.3, 0.4) is 0 Å². The maximum atomic E-state index is 12.3. The minimum atomic E-state index is -0.548. The lowest BCUT2D eigenvalue weighted by Crippen LogP contribution is -2.44. The Kier molecular flexibility index (Phi) is 5.41. The molecule has 2 atom stereocenters. The number of nitrogens with zero attached hydrogens (tertiary/aromatic N) is 2. The number of methoxy groups -OCH3 is 1. The average Bonchev–Trinajstić information content (AvgIpc) is 2.51. The number of hydrogen-bond acceptors (Lipinski definition) is 5. The molecule has 1 heterocycles. The molecular formula is C16H22N2O5. The van der Waals surface area contributed by atoms with Crippen molar-refractivity contribution in [2.45, 2.75) is 20.3 Å². The molecule has 1 fully saturated rings. The van der Waals surface area contributed by atoms with E-state index in [0.29, 0.717) is 30.7 Å². The van der Waals surface area contributed by atoms with Crippen molar-refractivity contribution in [3.8, 4) is 11.5 Å². The Balaban J connectivity index is 2.02. The summed E-state index contributed by atoms with van der Waals surface area (Å²) in [5.41, 5.74) is -0.211. The number of piperidine rings is 1. The molecule has 1 aromatic rings. The highest BCUT2D eigenvalue weighted by Crippen LogP contribution is 2.31. The minimum absolute atomic E-state index is 0.0715. The van der Waals surface area contributed by atoms with Crippen molar-refractivity contribution in [2.24, 2.45) is 11.8 Å². The third kappa shape index (κ3) is 4.34. The zero-order valence-electron chi connectivity index (χ0n) is 13.7. The van der Waals surface area contributed by atoms with Gasteiger partial charge in [0, 0.05) is 13.1 Å². The van der Waals surface area contributed by atoms with Gasteiger partial charge < -0.3 is 14.4 Å². The summed E-state index contributed by atoms with van der Waals surface area (Å²) in [7, 11) is 1.43. The summed E-state index contributed by atoms with van der Waals surface area (Å²) >= 11 is 0. The maximum Gasteiger partial charge on any atom is 0.314 e. The Bertz CT molecular complexity index is 580. The number of amides is 1. The van der Waals surface area contributed by atoms with E-state index in [2.05, 4.69) is 13.8 Å². The number of benzene rings is 1. The van der Waals surface area contributed by atoms with Gasteiger partial charge in [0.15, 0.2) is 12.4 Å². The topological polar surface area (TPSA) is 81.9 Å². The van der Waals surface area contributed by atoms with Gasteiger partial charge in [-0.05, 0) is 30.4 Å². The van der Waals surface area contributed by atoms with Gasteiger partial charge in [0.1, 0.15) is 5.75 Å². The molecule has 0 N–H and O–H groups in total. The van der Waals surface area contributed by atoms with Gasteiger partial charge in [-0.25, -0.2) is 0 Å². The predicted octanol–water partition coefficient (Wildman–Crippen LogP) is 2.49. The monoisotopic (exact) mass is 322 g/mol. The fraction of sp³-hybridized carbons (Fsp3) is 0.562. The van der Waals surface area contributed by atoms with Crippen LogP contribution in [0.25, 0.3) is 0 Å². The van der Waals surface area contributed by atoms with Gasteiger partial charge in [-0.2, -0.15) is 0 Å². The number of hydrogen-bond donors (Lipinski definition) is 0. The lowest BCUT2D eigenvalue weighted by atomic mass is 9.92. The molecule has 0 unspecified atom stereocenters. The normalized spacial score (nSPS) is 20.9. The molecule has 0 bridgehead atoms. The fourth-order valence-electron chi connectivity index (χ4n) is 2.99. The van der Waals surface area contributed by atoms with Crippen LogP contribution in [-0.4, -0.2) is 42.5 Å². The third-order valence-corrected chi connectivity index (χ3v) is 3.94. The van der Waals surface area contributed by atoms with E-state index in [9.17, 15) is 14.9 Å². The van der Waals surface area contributed by atoms with Crippen LogP contribution in [0.4, 0.5) is 5.69 Å². The van der Waals surface area contributed by atoms with Crippen LogP contribution >= 0.6 is 0 Å². The average molecular weight is 322 g/mol. The van der Waals surface area contributed by atoms with Crippen molar-refractivity contribution in [3.05, 3.63) is 28.3 Å². The molecule has 7 nitrogen and oxygen atoms in total. The van der Waals surface area contributed by atoms with Crippen LogP contribution in [-0.2, 0) is 4.79 Å². The number of likely N-dealkylation sites (tertiary alicyclic amines) is 1. The van der Waals surface area contributed by atoms with Gasteiger partial charge >= 0.3 is 5.69 Å². The van der Waals surface area contributed by atoms with E-state index in [4.69, 9.17) is 9.47 Å². The first-order valence-corrected chi connectivity index (χ1v) is 7.63. The summed E-state index contributed by atoms with van der Waals surface area (Å²) in [6.45, 7) is 5.44. The molecule has 1 saturated heterocycles. The second kappa shape index (κ2) is 7.30. The quantitative estimate of drug-likeness (QED) is 0.614. The van der Waals surface area contributed by atoms with Gasteiger partial charge in [0.05, 0.1) is 18.1 Å². The molecule has 1 amide bonds. The summed E-state index contributed by atoms with van der Waals surface area (Å²) < 4.78 is 10.4. The summed E-state index contributed by atoms with van der Waals surface area (Å²) in [4.78, 5) is 24.6. The van der Waals surface area contributed by atoms with E-state index in [1.807, 2.05) is 0 Å². The molecule has 126 valence electrons. The Morgan fingerprint density at radius 3 is 2.57 bits per heavy atom. The molecule has 2 rings (SSSR count). The van der Waals surface area contributed by atoms with E-state index >= 15 is 0 Å². The van der Waals surface area contributed by atoms with E-state index in [1.165, 1.54) is 19.2 Å². The number of rotatable bonds is 5. The smallest absolute Gasteiger partial charge is 0.314 e. The first-order chi connectivity index (χ1) is 10.9. The molecule has 0 aromatic heterocycles. The Labute approximate surface area is 135 Å². The summed E-state index contributed by atoms with van der Waals surface area (Å²) in [5.74, 6) is 1.21. The van der Waals surface area contributed by atoms with Crippen molar-refractivity contribution in [3.63, 3.8) is 0 Å². The van der Waals surface area contributed by atoms with Crippen molar-refractivity contribution in [1.82, 2.24) is 4.90 Å². The SMILES string of the molecule is COc1ccc(OCC(=O)N2C[C@@H](C)C[C@H](C)C2)c([N+](=O)[O-])c1.